The summed E-state index contributed by atoms with van der Waals surface area (Å²) in [6.07, 6.45) is 1.06. The SMILES string of the molecule is CNc1cccc(N2CCC(CO)C2)n1. The van der Waals surface area contributed by atoms with Crippen LogP contribution in [0.2, 0.25) is 0 Å². The topological polar surface area (TPSA) is 48.4 Å². The predicted octanol–water partition coefficient (Wildman–Crippen LogP) is 0.942. The molecule has 0 saturated carbocycles. The summed E-state index contributed by atoms with van der Waals surface area (Å²) in [4.78, 5) is 6.70. The highest BCUT2D eigenvalue weighted by Crippen LogP contribution is 2.22. The Kier molecular flexibility index (Phi) is 3.06. The van der Waals surface area contributed by atoms with Gasteiger partial charge in [0, 0.05) is 32.7 Å². The van der Waals surface area contributed by atoms with Gasteiger partial charge < -0.3 is 15.3 Å². The Morgan fingerprint density at radius 1 is 1.60 bits per heavy atom. The van der Waals surface area contributed by atoms with Gasteiger partial charge in [-0.1, -0.05) is 6.07 Å². The molecule has 0 bridgehead atoms. The summed E-state index contributed by atoms with van der Waals surface area (Å²) in [5.41, 5.74) is 0. The normalized spacial score (nSPS) is 20.7. The third-order valence-corrected chi connectivity index (χ3v) is 2.86. The lowest BCUT2D eigenvalue weighted by molar-refractivity contribution is 0.238. The molecule has 1 saturated heterocycles. The van der Waals surface area contributed by atoms with Gasteiger partial charge >= 0.3 is 0 Å². The van der Waals surface area contributed by atoms with Gasteiger partial charge in [0.1, 0.15) is 11.6 Å². The molecule has 4 heteroatoms. The smallest absolute Gasteiger partial charge is 0.130 e. The first-order valence-corrected chi connectivity index (χ1v) is 5.34. The van der Waals surface area contributed by atoms with Crippen LogP contribution < -0.4 is 10.2 Å². The summed E-state index contributed by atoms with van der Waals surface area (Å²) in [5, 5.41) is 12.1. The van der Waals surface area contributed by atoms with Crippen molar-refractivity contribution in [2.45, 2.75) is 6.42 Å². The van der Waals surface area contributed by atoms with Crippen LogP contribution in [0.4, 0.5) is 11.6 Å². The molecule has 0 radical (unpaired) electrons. The molecule has 1 atom stereocenters. The Labute approximate surface area is 89.9 Å². The molecule has 1 unspecified atom stereocenters. The van der Waals surface area contributed by atoms with Crippen molar-refractivity contribution < 1.29 is 5.11 Å². The number of aliphatic hydroxyl groups is 1. The Hall–Kier alpha value is -1.29. The van der Waals surface area contributed by atoms with E-state index in [4.69, 9.17) is 5.11 Å². The second-order valence-electron chi connectivity index (χ2n) is 3.91. The van der Waals surface area contributed by atoms with Crippen LogP contribution in [-0.4, -0.2) is 36.8 Å². The number of aromatic nitrogens is 1. The van der Waals surface area contributed by atoms with E-state index in [0.29, 0.717) is 5.92 Å². The molecule has 2 heterocycles. The second kappa shape index (κ2) is 4.49. The number of rotatable bonds is 3. The van der Waals surface area contributed by atoms with E-state index in [9.17, 15) is 0 Å². The monoisotopic (exact) mass is 207 g/mol. The predicted molar refractivity (Wildman–Crippen MR) is 61.2 cm³/mol. The molecule has 0 aromatic carbocycles. The lowest BCUT2D eigenvalue weighted by Gasteiger charge is -2.17. The highest BCUT2D eigenvalue weighted by molar-refractivity contribution is 5.47. The Morgan fingerprint density at radius 2 is 2.47 bits per heavy atom. The number of nitrogens with zero attached hydrogens (tertiary/aromatic N) is 2. The van der Waals surface area contributed by atoms with Crippen LogP contribution in [-0.2, 0) is 0 Å². The average Bonchev–Trinajstić information content (AvgIpc) is 2.78. The van der Waals surface area contributed by atoms with Gasteiger partial charge in [-0.2, -0.15) is 0 Å². The van der Waals surface area contributed by atoms with Gasteiger partial charge in [-0.25, -0.2) is 4.98 Å². The minimum Gasteiger partial charge on any atom is -0.396 e. The van der Waals surface area contributed by atoms with Crippen LogP contribution >= 0.6 is 0 Å². The molecule has 1 aromatic rings. The Bertz CT molecular complexity index is 329. The highest BCUT2D eigenvalue weighted by Gasteiger charge is 2.22. The van der Waals surface area contributed by atoms with E-state index in [0.717, 1.165) is 31.1 Å². The molecule has 1 aliphatic rings. The zero-order valence-corrected chi connectivity index (χ0v) is 8.98. The molecule has 15 heavy (non-hydrogen) atoms. The maximum atomic E-state index is 9.07. The van der Waals surface area contributed by atoms with Crippen molar-refractivity contribution in [1.29, 1.82) is 0 Å². The maximum Gasteiger partial charge on any atom is 0.130 e. The van der Waals surface area contributed by atoms with E-state index in [1.165, 1.54) is 0 Å². The molecule has 0 spiro atoms. The summed E-state index contributed by atoms with van der Waals surface area (Å²) in [7, 11) is 1.87. The van der Waals surface area contributed by atoms with Gasteiger partial charge in [0.15, 0.2) is 0 Å². The quantitative estimate of drug-likeness (QED) is 0.774. The van der Waals surface area contributed by atoms with Crippen LogP contribution in [0.15, 0.2) is 18.2 Å². The van der Waals surface area contributed by atoms with Crippen LogP contribution in [0, 0.1) is 5.92 Å². The first-order valence-electron chi connectivity index (χ1n) is 5.34. The lowest BCUT2D eigenvalue weighted by Crippen LogP contribution is -2.21. The van der Waals surface area contributed by atoms with E-state index in [-0.39, 0.29) is 6.61 Å². The maximum absolute atomic E-state index is 9.07. The molecule has 1 fully saturated rings. The van der Waals surface area contributed by atoms with Gasteiger partial charge in [0.05, 0.1) is 0 Å². The zero-order valence-electron chi connectivity index (χ0n) is 8.98. The molecule has 2 rings (SSSR count). The molecule has 82 valence electrons. The van der Waals surface area contributed by atoms with E-state index >= 15 is 0 Å². The van der Waals surface area contributed by atoms with E-state index in [1.54, 1.807) is 0 Å². The standard InChI is InChI=1S/C11H17N3O/c1-12-10-3-2-4-11(13-10)14-6-5-9(7-14)8-15/h2-4,9,15H,5-8H2,1H3,(H,12,13). The van der Waals surface area contributed by atoms with Crippen molar-refractivity contribution in [3.8, 4) is 0 Å². The van der Waals surface area contributed by atoms with Crippen LogP contribution in [0.5, 0.6) is 0 Å². The number of hydrogen-bond acceptors (Lipinski definition) is 4. The lowest BCUT2D eigenvalue weighted by atomic mass is 10.1. The Morgan fingerprint density at radius 3 is 3.13 bits per heavy atom. The van der Waals surface area contributed by atoms with Crippen molar-refractivity contribution in [1.82, 2.24) is 4.98 Å². The number of pyridine rings is 1. The fourth-order valence-electron chi connectivity index (χ4n) is 1.93. The highest BCUT2D eigenvalue weighted by atomic mass is 16.3. The molecule has 0 amide bonds. The first-order chi connectivity index (χ1) is 7.33. The van der Waals surface area contributed by atoms with E-state index < -0.39 is 0 Å². The summed E-state index contributed by atoms with van der Waals surface area (Å²) in [6.45, 7) is 2.18. The Balaban J connectivity index is 2.09. The molecule has 4 nitrogen and oxygen atoms in total. The van der Waals surface area contributed by atoms with Crippen molar-refractivity contribution >= 4 is 11.6 Å². The van der Waals surface area contributed by atoms with E-state index in [1.807, 2.05) is 25.2 Å². The molecular weight excluding hydrogens is 190 g/mol. The van der Waals surface area contributed by atoms with E-state index in [2.05, 4.69) is 15.2 Å². The molecule has 2 N–H and O–H groups in total. The molecule has 0 aliphatic carbocycles. The summed E-state index contributed by atoms with van der Waals surface area (Å²) in [6, 6.07) is 5.96. The number of hydrogen-bond donors (Lipinski definition) is 2. The number of nitrogens with one attached hydrogen (secondary N) is 1. The fourth-order valence-corrected chi connectivity index (χ4v) is 1.93. The number of anilines is 2. The van der Waals surface area contributed by atoms with Crippen molar-refractivity contribution in [2.24, 2.45) is 5.92 Å². The van der Waals surface area contributed by atoms with Gasteiger partial charge in [0.25, 0.3) is 0 Å². The van der Waals surface area contributed by atoms with Crippen LogP contribution in [0.3, 0.4) is 0 Å². The molecule has 1 aromatic heterocycles. The fraction of sp³-hybridized carbons (Fsp3) is 0.545. The van der Waals surface area contributed by atoms with Crippen molar-refractivity contribution in [3.63, 3.8) is 0 Å². The summed E-state index contributed by atoms with van der Waals surface area (Å²) < 4.78 is 0. The largest absolute Gasteiger partial charge is 0.396 e. The van der Waals surface area contributed by atoms with Crippen LogP contribution in [0.25, 0.3) is 0 Å². The van der Waals surface area contributed by atoms with Crippen molar-refractivity contribution in [2.75, 3.05) is 37.0 Å². The van der Waals surface area contributed by atoms with Crippen LogP contribution in [0.1, 0.15) is 6.42 Å². The average molecular weight is 207 g/mol. The third-order valence-electron chi connectivity index (χ3n) is 2.86. The second-order valence-corrected chi connectivity index (χ2v) is 3.91. The van der Waals surface area contributed by atoms with Gasteiger partial charge in [-0.05, 0) is 18.6 Å². The number of aliphatic hydroxyl groups excluding tert-OH is 1. The van der Waals surface area contributed by atoms with Gasteiger partial charge in [-0.15, -0.1) is 0 Å². The third kappa shape index (κ3) is 2.21. The summed E-state index contributed by atoms with van der Waals surface area (Å²) in [5.74, 6) is 2.29. The zero-order chi connectivity index (χ0) is 10.7. The van der Waals surface area contributed by atoms with Crippen molar-refractivity contribution in [3.05, 3.63) is 18.2 Å². The molecule has 1 aliphatic heterocycles. The summed E-state index contributed by atoms with van der Waals surface area (Å²) >= 11 is 0. The van der Waals surface area contributed by atoms with Gasteiger partial charge in [-0.3, -0.25) is 0 Å². The minimum absolute atomic E-state index is 0.280. The van der Waals surface area contributed by atoms with Gasteiger partial charge in [0.2, 0.25) is 0 Å². The minimum atomic E-state index is 0.280. The molecular formula is C11H17N3O. The first kappa shape index (κ1) is 10.2.